The maximum absolute atomic E-state index is 10.5. The molecule has 0 aromatic heterocycles. The van der Waals surface area contributed by atoms with Crippen LogP contribution in [0.15, 0.2) is 0 Å². The van der Waals surface area contributed by atoms with Crippen LogP contribution < -0.4 is 0 Å². The molecule has 0 radical (unpaired) electrons. The third kappa shape index (κ3) is 4.73. The van der Waals surface area contributed by atoms with Gasteiger partial charge in [0.25, 0.3) is 0 Å². The number of hydrogen-bond acceptors (Lipinski definition) is 3. The van der Waals surface area contributed by atoms with Gasteiger partial charge in [0, 0.05) is 16.8 Å². The molecular weight excluding hydrogens is 152 g/mol. The third-order valence-corrected chi connectivity index (χ3v) is 2.52. The predicted octanol–water partition coefficient (Wildman–Crippen LogP) is 1.45. The van der Waals surface area contributed by atoms with E-state index in [-0.39, 0.29) is 11.0 Å². The lowest BCUT2D eigenvalue weighted by molar-refractivity contribution is -0.113. The van der Waals surface area contributed by atoms with Crippen molar-refractivity contribution < 1.29 is 4.79 Å². The van der Waals surface area contributed by atoms with Gasteiger partial charge in [-0.1, -0.05) is 13.8 Å². The Morgan fingerprint density at radius 2 is 2.33 bits per heavy atom. The first-order valence-electron chi connectivity index (χ1n) is 2.97. The van der Waals surface area contributed by atoms with Crippen molar-refractivity contribution in [3.8, 4) is 0 Å². The van der Waals surface area contributed by atoms with Gasteiger partial charge in [0.15, 0.2) is 0 Å². The highest BCUT2D eigenvalue weighted by molar-refractivity contribution is 7.99. The normalized spacial score (nSPS) is 13.1. The van der Waals surface area contributed by atoms with Crippen LogP contribution in [-0.2, 0) is 17.4 Å². The summed E-state index contributed by atoms with van der Waals surface area (Å²) < 4.78 is 0. The average molecular weight is 163 g/mol. The van der Waals surface area contributed by atoms with E-state index in [0.29, 0.717) is 0 Å². The lowest BCUT2D eigenvalue weighted by atomic mass is 10.2. The van der Waals surface area contributed by atoms with Crippen LogP contribution in [0.25, 0.3) is 0 Å². The van der Waals surface area contributed by atoms with Crippen molar-refractivity contribution in [3.05, 3.63) is 0 Å². The van der Waals surface area contributed by atoms with Crippen molar-refractivity contribution in [3.63, 3.8) is 0 Å². The average Bonchev–Trinajstić information content (AvgIpc) is 1.82. The molecular formula is C6H11OS2-. The maximum atomic E-state index is 10.5. The Hall–Kier alpha value is 0.240. The predicted molar refractivity (Wildman–Crippen MR) is 44.5 cm³/mol. The van der Waals surface area contributed by atoms with Gasteiger partial charge in [-0.25, -0.2) is 0 Å². The highest BCUT2D eigenvalue weighted by Crippen LogP contribution is 2.07. The molecule has 9 heavy (non-hydrogen) atoms. The minimum absolute atomic E-state index is 0.0601. The van der Waals surface area contributed by atoms with Gasteiger partial charge in [-0.05, 0) is 5.75 Å². The zero-order valence-corrected chi connectivity index (χ0v) is 7.35. The van der Waals surface area contributed by atoms with Crippen molar-refractivity contribution in [2.24, 2.45) is 5.92 Å². The molecule has 0 amide bonds. The summed E-state index contributed by atoms with van der Waals surface area (Å²) in [6.45, 7) is 3.95. The maximum Gasteiger partial charge on any atom is 0.0156 e. The number of carbonyl (C=O) groups excluding carboxylic acids is 1. The summed E-state index contributed by atoms with van der Waals surface area (Å²) in [5.74, 6) is 2.00. The SMILES string of the molecule is CCSCC(C)C(=O)[S-]. The largest absolute Gasteiger partial charge is 0.742 e. The molecule has 0 N–H and O–H groups in total. The van der Waals surface area contributed by atoms with Gasteiger partial charge in [0.2, 0.25) is 0 Å². The molecule has 0 saturated carbocycles. The first kappa shape index (κ1) is 9.24. The summed E-state index contributed by atoms with van der Waals surface area (Å²) in [7, 11) is 0. The summed E-state index contributed by atoms with van der Waals surface area (Å²) in [6, 6.07) is 0. The highest BCUT2D eigenvalue weighted by Gasteiger charge is 1.99. The van der Waals surface area contributed by atoms with Crippen LogP contribution >= 0.6 is 11.8 Å². The van der Waals surface area contributed by atoms with Crippen molar-refractivity contribution in [1.29, 1.82) is 0 Å². The standard InChI is InChI=1S/C6H12OS2/c1-3-9-4-5(2)6(7)8/h5H,3-4H2,1-2H3,(H,7,8)/p-1. The van der Waals surface area contributed by atoms with E-state index >= 15 is 0 Å². The summed E-state index contributed by atoms with van der Waals surface area (Å²) in [5, 5.41) is -0.115. The van der Waals surface area contributed by atoms with E-state index in [2.05, 4.69) is 19.6 Å². The van der Waals surface area contributed by atoms with Gasteiger partial charge < -0.3 is 17.4 Å². The molecule has 1 atom stereocenters. The van der Waals surface area contributed by atoms with Gasteiger partial charge in [0.1, 0.15) is 0 Å². The van der Waals surface area contributed by atoms with E-state index in [1.807, 2.05) is 6.92 Å². The van der Waals surface area contributed by atoms with Gasteiger partial charge >= 0.3 is 0 Å². The van der Waals surface area contributed by atoms with Crippen LogP contribution in [0.2, 0.25) is 0 Å². The number of thioether (sulfide) groups is 1. The Morgan fingerprint density at radius 3 is 2.67 bits per heavy atom. The Bertz CT molecular complexity index is 93.1. The fourth-order valence-electron chi connectivity index (χ4n) is 0.363. The first-order chi connectivity index (χ1) is 4.18. The molecule has 54 valence electrons. The lowest BCUT2D eigenvalue weighted by Crippen LogP contribution is -2.09. The Balaban J connectivity index is 3.27. The topological polar surface area (TPSA) is 17.1 Å². The molecule has 0 aromatic rings. The van der Waals surface area contributed by atoms with Crippen molar-refractivity contribution in [2.75, 3.05) is 11.5 Å². The highest BCUT2D eigenvalue weighted by atomic mass is 32.2. The Morgan fingerprint density at radius 1 is 1.78 bits per heavy atom. The van der Waals surface area contributed by atoms with Crippen LogP contribution in [0.3, 0.4) is 0 Å². The van der Waals surface area contributed by atoms with E-state index < -0.39 is 0 Å². The molecule has 0 rings (SSSR count). The van der Waals surface area contributed by atoms with Crippen LogP contribution in [0.1, 0.15) is 13.8 Å². The minimum Gasteiger partial charge on any atom is -0.742 e. The molecule has 0 aliphatic carbocycles. The molecule has 0 saturated heterocycles. The molecule has 0 aliphatic rings. The van der Waals surface area contributed by atoms with Gasteiger partial charge in [-0.2, -0.15) is 11.8 Å². The summed E-state index contributed by atoms with van der Waals surface area (Å²) >= 11 is 6.22. The van der Waals surface area contributed by atoms with Crippen LogP contribution in [0.5, 0.6) is 0 Å². The number of rotatable bonds is 4. The number of carbonyl (C=O) groups is 1. The van der Waals surface area contributed by atoms with Gasteiger partial charge in [0.05, 0.1) is 0 Å². The van der Waals surface area contributed by atoms with Crippen LogP contribution in [0, 0.1) is 5.92 Å². The fraction of sp³-hybridized carbons (Fsp3) is 0.833. The Kier molecular flexibility index (Phi) is 5.19. The van der Waals surface area contributed by atoms with E-state index in [1.165, 1.54) is 0 Å². The number of hydrogen-bond donors (Lipinski definition) is 0. The second-order valence-corrected chi connectivity index (χ2v) is 3.60. The fourth-order valence-corrected chi connectivity index (χ4v) is 1.29. The van der Waals surface area contributed by atoms with Crippen LogP contribution in [0.4, 0.5) is 0 Å². The minimum atomic E-state index is -0.115. The molecule has 0 heterocycles. The second-order valence-electron chi connectivity index (χ2n) is 1.88. The smallest absolute Gasteiger partial charge is 0.0156 e. The molecule has 0 bridgehead atoms. The van der Waals surface area contributed by atoms with Gasteiger partial charge in [-0.3, -0.25) is 0 Å². The van der Waals surface area contributed by atoms with E-state index in [0.717, 1.165) is 11.5 Å². The van der Waals surface area contributed by atoms with E-state index in [4.69, 9.17) is 0 Å². The molecule has 0 aliphatic heterocycles. The summed E-state index contributed by atoms with van der Waals surface area (Å²) in [6.07, 6.45) is 0. The molecule has 0 fully saturated rings. The zero-order valence-electron chi connectivity index (χ0n) is 5.72. The molecule has 0 spiro atoms. The van der Waals surface area contributed by atoms with Crippen molar-refractivity contribution in [2.45, 2.75) is 13.8 Å². The third-order valence-electron chi connectivity index (χ3n) is 0.974. The zero-order chi connectivity index (χ0) is 7.28. The summed E-state index contributed by atoms with van der Waals surface area (Å²) in [5.41, 5.74) is 0. The van der Waals surface area contributed by atoms with E-state index in [1.54, 1.807) is 11.8 Å². The van der Waals surface area contributed by atoms with Crippen LogP contribution in [-0.4, -0.2) is 16.6 Å². The monoisotopic (exact) mass is 163 g/mol. The molecule has 1 unspecified atom stereocenters. The summed E-state index contributed by atoms with van der Waals surface area (Å²) in [4.78, 5) is 10.5. The van der Waals surface area contributed by atoms with Crippen molar-refractivity contribution >= 4 is 29.5 Å². The second kappa shape index (κ2) is 5.06. The molecule has 3 heteroatoms. The van der Waals surface area contributed by atoms with E-state index in [9.17, 15) is 4.79 Å². The lowest BCUT2D eigenvalue weighted by Gasteiger charge is -2.11. The molecule has 1 nitrogen and oxygen atoms in total. The first-order valence-corrected chi connectivity index (χ1v) is 4.53. The van der Waals surface area contributed by atoms with Gasteiger partial charge in [-0.15, -0.1) is 0 Å². The quantitative estimate of drug-likeness (QED) is 0.584. The molecule has 0 aromatic carbocycles. The Labute approximate surface area is 66.0 Å². The van der Waals surface area contributed by atoms with Crippen molar-refractivity contribution in [1.82, 2.24) is 0 Å².